The van der Waals surface area contributed by atoms with E-state index in [0.717, 1.165) is 41.8 Å². The number of hydrogen-bond acceptors (Lipinski definition) is 3. The van der Waals surface area contributed by atoms with Gasteiger partial charge in [-0.15, -0.1) is 0 Å². The molecule has 0 amide bonds. The molecular formula is C15H16N2O2. The summed E-state index contributed by atoms with van der Waals surface area (Å²) in [5, 5.41) is 0. The van der Waals surface area contributed by atoms with Crippen LogP contribution in [-0.2, 0) is 12.8 Å². The molecule has 1 aliphatic carbocycles. The van der Waals surface area contributed by atoms with Crippen molar-refractivity contribution in [3.8, 4) is 5.75 Å². The molecule has 0 aliphatic heterocycles. The predicted octanol–water partition coefficient (Wildman–Crippen LogP) is 2.55. The highest BCUT2D eigenvalue weighted by atomic mass is 16.5. The highest BCUT2D eigenvalue weighted by Gasteiger charge is 2.17. The summed E-state index contributed by atoms with van der Waals surface area (Å²) in [4.78, 5) is 18.7. The summed E-state index contributed by atoms with van der Waals surface area (Å²) in [6.45, 7) is 0.606. The maximum Gasteiger partial charge on any atom is 0.163 e. The first-order valence-corrected chi connectivity index (χ1v) is 6.59. The van der Waals surface area contributed by atoms with Gasteiger partial charge in [0.2, 0.25) is 0 Å². The SMILES string of the molecule is O=C1CCCc2cc(OCCc3cnc[nH]3)ccc21. The molecule has 1 N–H and O–H groups in total. The van der Waals surface area contributed by atoms with Crippen molar-refractivity contribution in [2.75, 3.05) is 6.61 Å². The Morgan fingerprint density at radius 1 is 1.32 bits per heavy atom. The fraction of sp³-hybridized carbons (Fsp3) is 0.333. The first kappa shape index (κ1) is 12.0. The van der Waals surface area contributed by atoms with Crippen molar-refractivity contribution < 1.29 is 9.53 Å². The summed E-state index contributed by atoms with van der Waals surface area (Å²) < 4.78 is 5.72. The molecule has 0 spiro atoms. The fourth-order valence-electron chi connectivity index (χ4n) is 2.41. The number of ether oxygens (including phenoxy) is 1. The van der Waals surface area contributed by atoms with Crippen LogP contribution in [-0.4, -0.2) is 22.4 Å². The van der Waals surface area contributed by atoms with E-state index in [1.54, 1.807) is 12.5 Å². The van der Waals surface area contributed by atoms with Gasteiger partial charge in [-0.3, -0.25) is 4.79 Å². The minimum Gasteiger partial charge on any atom is -0.493 e. The third-order valence-corrected chi connectivity index (χ3v) is 3.42. The lowest BCUT2D eigenvalue weighted by Gasteiger charge is -2.15. The third kappa shape index (κ3) is 2.67. The minimum atomic E-state index is 0.255. The van der Waals surface area contributed by atoms with Gasteiger partial charge in [0.1, 0.15) is 5.75 Å². The third-order valence-electron chi connectivity index (χ3n) is 3.42. The number of fused-ring (bicyclic) bond motifs is 1. The van der Waals surface area contributed by atoms with Crippen molar-refractivity contribution in [2.24, 2.45) is 0 Å². The number of imidazole rings is 1. The molecule has 0 saturated heterocycles. The van der Waals surface area contributed by atoms with Gasteiger partial charge in [0, 0.05) is 30.3 Å². The number of hydrogen-bond donors (Lipinski definition) is 1. The quantitative estimate of drug-likeness (QED) is 0.914. The molecule has 0 bridgehead atoms. The van der Waals surface area contributed by atoms with Gasteiger partial charge in [-0.05, 0) is 36.6 Å². The van der Waals surface area contributed by atoms with Crippen LogP contribution < -0.4 is 4.74 Å². The molecule has 1 heterocycles. The Hall–Kier alpha value is -2.10. The number of benzene rings is 1. The van der Waals surface area contributed by atoms with E-state index >= 15 is 0 Å². The number of aromatic nitrogens is 2. The molecule has 1 aliphatic rings. The second kappa shape index (κ2) is 5.26. The summed E-state index contributed by atoms with van der Waals surface area (Å²) in [5.74, 6) is 1.10. The van der Waals surface area contributed by atoms with Crippen LogP contribution in [0.15, 0.2) is 30.7 Å². The lowest BCUT2D eigenvalue weighted by Crippen LogP contribution is -2.11. The van der Waals surface area contributed by atoms with Gasteiger partial charge in [0.05, 0.1) is 12.9 Å². The van der Waals surface area contributed by atoms with Crippen LogP contribution in [0.4, 0.5) is 0 Å². The van der Waals surface area contributed by atoms with Gasteiger partial charge in [0.15, 0.2) is 5.78 Å². The monoisotopic (exact) mass is 256 g/mol. The molecular weight excluding hydrogens is 240 g/mol. The molecule has 19 heavy (non-hydrogen) atoms. The van der Waals surface area contributed by atoms with Gasteiger partial charge in [-0.25, -0.2) is 4.98 Å². The van der Waals surface area contributed by atoms with Crippen molar-refractivity contribution in [3.05, 3.63) is 47.5 Å². The first-order valence-electron chi connectivity index (χ1n) is 6.59. The number of Topliss-reactive ketones (excluding diaryl/α,β-unsaturated/α-hetero) is 1. The fourth-order valence-corrected chi connectivity index (χ4v) is 2.41. The Bertz CT molecular complexity index is 576. The molecule has 1 aromatic heterocycles. The van der Waals surface area contributed by atoms with Crippen LogP contribution in [0.5, 0.6) is 5.75 Å². The molecule has 4 heteroatoms. The number of ketones is 1. The summed E-state index contributed by atoms with van der Waals surface area (Å²) in [6.07, 6.45) is 6.86. The topological polar surface area (TPSA) is 55.0 Å². The first-order chi connectivity index (χ1) is 9.33. The average Bonchev–Trinajstić information content (AvgIpc) is 2.92. The minimum absolute atomic E-state index is 0.255. The van der Waals surface area contributed by atoms with Crippen molar-refractivity contribution >= 4 is 5.78 Å². The van der Waals surface area contributed by atoms with E-state index in [2.05, 4.69) is 9.97 Å². The summed E-state index contributed by atoms with van der Waals surface area (Å²) in [6, 6.07) is 5.77. The van der Waals surface area contributed by atoms with Crippen molar-refractivity contribution in [2.45, 2.75) is 25.7 Å². The Balaban J connectivity index is 1.64. The van der Waals surface area contributed by atoms with Crippen LogP contribution in [0.25, 0.3) is 0 Å². The summed E-state index contributed by atoms with van der Waals surface area (Å²) in [7, 11) is 0. The van der Waals surface area contributed by atoms with Gasteiger partial charge in [-0.1, -0.05) is 0 Å². The number of aryl methyl sites for hydroxylation is 1. The molecule has 0 atom stereocenters. The Morgan fingerprint density at radius 3 is 3.11 bits per heavy atom. The predicted molar refractivity (Wildman–Crippen MR) is 71.5 cm³/mol. The van der Waals surface area contributed by atoms with Gasteiger partial charge >= 0.3 is 0 Å². The van der Waals surface area contributed by atoms with Gasteiger partial charge in [0.25, 0.3) is 0 Å². The number of nitrogens with zero attached hydrogens (tertiary/aromatic N) is 1. The standard InChI is InChI=1S/C15H16N2O2/c18-15-3-1-2-11-8-13(4-5-14(11)15)19-7-6-12-9-16-10-17-12/h4-5,8-10H,1-3,6-7H2,(H,16,17). The molecule has 98 valence electrons. The normalized spacial score (nSPS) is 14.2. The lowest BCUT2D eigenvalue weighted by atomic mass is 9.90. The molecule has 1 aromatic carbocycles. The molecule has 4 nitrogen and oxygen atoms in total. The molecule has 3 rings (SSSR count). The zero-order valence-electron chi connectivity index (χ0n) is 10.7. The molecule has 0 unspecified atom stereocenters. The number of carbonyl (C=O) groups is 1. The van der Waals surface area contributed by atoms with Crippen molar-refractivity contribution in [3.63, 3.8) is 0 Å². The molecule has 0 radical (unpaired) electrons. The van der Waals surface area contributed by atoms with E-state index in [1.807, 2.05) is 18.2 Å². The number of aromatic amines is 1. The molecule has 2 aromatic rings. The molecule has 0 fully saturated rings. The zero-order chi connectivity index (χ0) is 13.1. The van der Waals surface area contributed by atoms with E-state index in [-0.39, 0.29) is 5.78 Å². The van der Waals surface area contributed by atoms with E-state index in [9.17, 15) is 4.79 Å². The van der Waals surface area contributed by atoms with Crippen LogP contribution in [0.2, 0.25) is 0 Å². The summed E-state index contributed by atoms with van der Waals surface area (Å²) in [5.41, 5.74) is 3.05. The van der Waals surface area contributed by atoms with E-state index in [4.69, 9.17) is 4.74 Å². The smallest absolute Gasteiger partial charge is 0.163 e. The number of carbonyl (C=O) groups excluding carboxylic acids is 1. The van der Waals surface area contributed by atoms with Crippen LogP contribution in [0.3, 0.4) is 0 Å². The molecule has 0 saturated carbocycles. The lowest BCUT2D eigenvalue weighted by molar-refractivity contribution is 0.0972. The van der Waals surface area contributed by atoms with Gasteiger partial charge < -0.3 is 9.72 Å². The zero-order valence-corrected chi connectivity index (χ0v) is 10.7. The number of rotatable bonds is 4. The van der Waals surface area contributed by atoms with Crippen LogP contribution in [0.1, 0.15) is 34.5 Å². The second-order valence-electron chi connectivity index (χ2n) is 4.77. The van der Waals surface area contributed by atoms with Crippen LogP contribution >= 0.6 is 0 Å². The Morgan fingerprint density at radius 2 is 2.26 bits per heavy atom. The summed E-state index contributed by atoms with van der Waals surface area (Å²) >= 11 is 0. The second-order valence-corrected chi connectivity index (χ2v) is 4.77. The van der Waals surface area contributed by atoms with E-state index < -0.39 is 0 Å². The van der Waals surface area contributed by atoms with E-state index in [0.29, 0.717) is 13.0 Å². The van der Waals surface area contributed by atoms with Gasteiger partial charge in [-0.2, -0.15) is 0 Å². The number of H-pyrrole nitrogens is 1. The Kier molecular flexibility index (Phi) is 3.31. The van der Waals surface area contributed by atoms with E-state index in [1.165, 1.54) is 0 Å². The van der Waals surface area contributed by atoms with Crippen molar-refractivity contribution in [1.82, 2.24) is 9.97 Å². The highest BCUT2D eigenvalue weighted by molar-refractivity contribution is 5.98. The largest absolute Gasteiger partial charge is 0.493 e. The van der Waals surface area contributed by atoms with Crippen molar-refractivity contribution in [1.29, 1.82) is 0 Å². The Labute approximate surface area is 111 Å². The van der Waals surface area contributed by atoms with Crippen LogP contribution in [0, 0.1) is 0 Å². The maximum atomic E-state index is 11.7. The maximum absolute atomic E-state index is 11.7. The number of nitrogens with one attached hydrogen (secondary N) is 1. The highest BCUT2D eigenvalue weighted by Crippen LogP contribution is 2.25. The average molecular weight is 256 g/mol.